The van der Waals surface area contributed by atoms with Gasteiger partial charge in [0, 0.05) is 23.3 Å². The number of hydrogen-bond donors (Lipinski definition) is 0. The summed E-state index contributed by atoms with van der Waals surface area (Å²) in [6, 6.07) is 10.5. The summed E-state index contributed by atoms with van der Waals surface area (Å²) in [5.41, 5.74) is 2.46. The zero-order chi connectivity index (χ0) is 10.8. The molecule has 0 amide bonds. The fourth-order valence-electron chi connectivity index (χ4n) is 1.75. The van der Waals surface area contributed by atoms with Gasteiger partial charge in [0.05, 0.1) is 0 Å². The second-order valence-corrected chi connectivity index (χ2v) is 4.37. The normalized spacial score (nSPS) is 11.4. The van der Waals surface area contributed by atoms with Crippen molar-refractivity contribution in [1.29, 1.82) is 0 Å². The molecule has 0 heterocycles. The van der Waals surface area contributed by atoms with Crippen LogP contribution in [0, 0.1) is 6.92 Å². The average molecular weight is 262 g/mol. The second kappa shape index (κ2) is 4.15. The van der Waals surface area contributed by atoms with Crippen LogP contribution in [-0.2, 0) is 0 Å². The molecule has 76 valence electrons. The summed E-state index contributed by atoms with van der Waals surface area (Å²) in [6.45, 7) is 2.11. The molecule has 0 N–H and O–H groups in total. The number of nitrogens with zero attached hydrogens (tertiary/aromatic N) is 1. The molecule has 0 saturated heterocycles. The predicted molar refractivity (Wildman–Crippen MR) is 69.9 cm³/mol. The Morgan fingerprint density at radius 2 is 1.93 bits per heavy atom. The smallest absolute Gasteiger partial charge is 0.0290 e. The van der Waals surface area contributed by atoms with E-state index in [1.807, 2.05) is 6.21 Å². The van der Waals surface area contributed by atoms with E-state index in [9.17, 15) is 0 Å². The van der Waals surface area contributed by atoms with Crippen molar-refractivity contribution in [1.82, 2.24) is 0 Å². The van der Waals surface area contributed by atoms with Crippen molar-refractivity contribution < 1.29 is 0 Å². The Morgan fingerprint density at radius 3 is 2.67 bits per heavy atom. The van der Waals surface area contributed by atoms with Gasteiger partial charge in [0.2, 0.25) is 0 Å². The van der Waals surface area contributed by atoms with Crippen LogP contribution in [0.25, 0.3) is 10.8 Å². The number of fused-ring (bicyclic) bond motifs is 1. The molecule has 0 atom stereocenters. The van der Waals surface area contributed by atoms with Gasteiger partial charge in [-0.2, -0.15) is 0 Å². The fraction of sp³-hybridized carbons (Fsp3) is 0.154. The Bertz CT molecular complexity index is 529. The molecule has 0 aliphatic heterocycles. The zero-order valence-electron chi connectivity index (χ0n) is 8.79. The SMILES string of the molecule is CN=Cc1c(C)ccc2c(Br)cccc12. The van der Waals surface area contributed by atoms with Gasteiger partial charge in [0.1, 0.15) is 0 Å². The molecule has 0 aromatic heterocycles. The van der Waals surface area contributed by atoms with E-state index in [2.05, 4.69) is 58.2 Å². The molecule has 0 unspecified atom stereocenters. The van der Waals surface area contributed by atoms with Crippen LogP contribution in [0.5, 0.6) is 0 Å². The Morgan fingerprint density at radius 1 is 1.13 bits per heavy atom. The first-order chi connectivity index (χ1) is 7.24. The van der Waals surface area contributed by atoms with Crippen molar-refractivity contribution in [3.8, 4) is 0 Å². The van der Waals surface area contributed by atoms with Gasteiger partial charge in [-0.05, 0) is 29.3 Å². The number of rotatable bonds is 1. The van der Waals surface area contributed by atoms with Crippen molar-refractivity contribution in [3.05, 3.63) is 45.9 Å². The third kappa shape index (κ3) is 1.82. The van der Waals surface area contributed by atoms with E-state index in [1.165, 1.54) is 21.9 Å². The molecule has 2 rings (SSSR count). The van der Waals surface area contributed by atoms with Crippen LogP contribution >= 0.6 is 15.9 Å². The predicted octanol–water partition coefficient (Wildman–Crippen LogP) is 3.96. The summed E-state index contributed by atoms with van der Waals surface area (Å²) >= 11 is 3.56. The average Bonchev–Trinajstić information content (AvgIpc) is 2.23. The van der Waals surface area contributed by atoms with Crippen LogP contribution in [0.2, 0.25) is 0 Å². The molecule has 0 aliphatic rings. The molecule has 0 aliphatic carbocycles. The molecule has 0 spiro atoms. The highest BCUT2D eigenvalue weighted by molar-refractivity contribution is 9.10. The molecule has 1 nitrogen and oxygen atoms in total. The van der Waals surface area contributed by atoms with E-state index < -0.39 is 0 Å². The number of hydrogen-bond acceptors (Lipinski definition) is 1. The van der Waals surface area contributed by atoms with Crippen LogP contribution in [0.1, 0.15) is 11.1 Å². The maximum atomic E-state index is 4.11. The minimum absolute atomic E-state index is 1.13. The minimum atomic E-state index is 1.13. The Hall–Kier alpha value is -1.15. The lowest BCUT2D eigenvalue weighted by Crippen LogP contribution is -1.89. The summed E-state index contributed by atoms with van der Waals surface area (Å²) < 4.78 is 1.13. The third-order valence-electron chi connectivity index (χ3n) is 2.53. The van der Waals surface area contributed by atoms with Gasteiger partial charge in [0.25, 0.3) is 0 Å². The van der Waals surface area contributed by atoms with Crippen molar-refractivity contribution in [2.45, 2.75) is 6.92 Å². The first-order valence-electron chi connectivity index (χ1n) is 4.84. The number of aryl methyl sites for hydroxylation is 1. The number of halogens is 1. The molecular formula is C13H12BrN. The van der Waals surface area contributed by atoms with Gasteiger partial charge in [0.15, 0.2) is 0 Å². The molecule has 2 aromatic carbocycles. The van der Waals surface area contributed by atoms with E-state index in [0.29, 0.717) is 0 Å². The Kier molecular flexibility index (Phi) is 2.87. The lowest BCUT2D eigenvalue weighted by Gasteiger charge is -2.07. The van der Waals surface area contributed by atoms with E-state index >= 15 is 0 Å². The van der Waals surface area contributed by atoms with Crippen molar-refractivity contribution in [2.75, 3.05) is 7.05 Å². The fourth-order valence-corrected chi connectivity index (χ4v) is 2.25. The molecule has 0 fully saturated rings. The first-order valence-corrected chi connectivity index (χ1v) is 5.63. The Balaban J connectivity index is 2.87. The van der Waals surface area contributed by atoms with E-state index in [0.717, 1.165) is 4.47 Å². The number of aliphatic imine (C=N–C) groups is 1. The second-order valence-electron chi connectivity index (χ2n) is 3.52. The van der Waals surface area contributed by atoms with E-state index in [1.54, 1.807) is 7.05 Å². The molecule has 15 heavy (non-hydrogen) atoms. The molecule has 0 radical (unpaired) electrons. The van der Waals surface area contributed by atoms with Gasteiger partial charge in [-0.25, -0.2) is 0 Å². The Labute approximate surface area is 98.0 Å². The van der Waals surface area contributed by atoms with Gasteiger partial charge in [-0.15, -0.1) is 0 Å². The van der Waals surface area contributed by atoms with Crippen LogP contribution in [-0.4, -0.2) is 13.3 Å². The van der Waals surface area contributed by atoms with Crippen LogP contribution in [0.15, 0.2) is 39.8 Å². The van der Waals surface area contributed by atoms with Gasteiger partial charge in [-0.3, -0.25) is 4.99 Å². The maximum Gasteiger partial charge on any atom is 0.0290 e. The summed E-state index contributed by atoms with van der Waals surface area (Å²) in [5.74, 6) is 0. The molecule has 2 aromatic rings. The van der Waals surface area contributed by atoms with Crippen LogP contribution in [0.3, 0.4) is 0 Å². The highest BCUT2D eigenvalue weighted by Gasteiger charge is 2.04. The van der Waals surface area contributed by atoms with Crippen molar-refractivity contribution >= 4 is 32.9 Å². The topological polar surface area (TPSA) is 12.4 Å². The maximum absolute atomic E-state index is 4.11. The quantitative estimate of drug-likeness (QED) is 0.690. The summed E-state index contributed by atoms with van der Waals surface area (Å²) in [5, 5.41) is 2.48. The molecule has 0 saturated carbocycles. The van der Waals surface area contributed by atoms with E-state index in [4.69, 9.17) is 0 Å². The monoisotopic (exact) mass is 261 g/mol. The lowest BCUT2D eigenvalue weighted by atomic mass is 10.0. The summed E-state index contributed by atoms with van der Waals surface area (Å²) in [4.78, 5) is 4.11. The van der Waals surface area contributed by atoms with E-state index in [-0.39, 0.29) is 0 Å². The van der Waals surface area contributed by atoms with Gasteiger partial charge < -0.3 is 0 Å². The van der Waals surface area contributed by atoms with Gasteiger partial charge in [-0.1, -0.05) is 40.2 Å². The molecule has 0 bridgehead atoms. The largest absolute Gasteiger partial charge is 0.296 e. The van der Waals surface area contributed by atoms with Gasteiger partial charge >= 0.3 is 0 Å². The summed E-state index contributed by atoms with van der Waals surface area (Å²) in [7, 11) is 1.80. The number of benzene rings is 2. The van der Waals surface area contributed by atoms with Crippen LogP contribution in [0.4, 0.5) is 0 Å². The third-order valence-corrected chi connectivity index (χ3v) is 3.22. The minimum Gasteiger partial charge on any atom is -0.296 e. The molecule has 2 heteroatoms. The summed E-state index contributed by atoms with van der Waals surface area (Å²) in [6.07, 6.45) is 1.92. The standard InChI is InChI=1S/C13H12BrN/c1-9-6-7-11-10(12(9)8-15-2)4-3-5-13(11)14/h3-8H,1-2H3. The first kappa shape index (κ1) is 10.4. The zero-order valence-corrected chi connectivity index (χ0v) is 10.4. The highest BCUT2D eigenvalue weighted by atomic mass is 79.9. The molecular weight excluding hydrogens is 250 g/mol. The highest BCUT2D eigenvalue weighted by Crippen LogP contribution is 2.27. The lowest BCUT2D eigenvalue weighted by molar-refractivity contribution is 1.43. The van der Waals surface area contributed by atoms with Crippen LogP contribution < -0.4 is 0 Å². The van der Waals surface area contributed by atoms with Crippen molar-refractivity contribution in [2.24, 2.45) is 4.99 Å². The van der Waals surface area contributed by atoms with Crippen molar-refractivity contribution in [3.63, 3.8) is 0 Å².